The fraction of sp³-hybridized carbons (Fsp3) is 0.750. The molecule has 7 heteroatoms. The van der Waals surface area contributed by atoms with Gasteiger partial charge in [0.15, 0.2) is 0 Å². The summed E-state index contributed by atoms with van der Waals surface area (Å²) in [5.41, 5.74) is 0.940. The molecule has 0 saturated carbocycles. The van der Waals surface area contributed by atoms with Crippen LogP contribution in [0.3, 0.4) is 0 Å². The van der Waals surface area contributed by atoms with Crippen LogP contribution >= 0.6 is 0 Å². The topological polar surface area (TPSA) is 89.9 Å². The third-order valence-corrected chi connectivity index (χ3v) is 2.78. The van der Waals surface area contributed by atoms with E-state index in [2.05, 4.69) is 6.58 Å². The van der Waals surface area contributed by atoms with Gasteiger partial charge in [0, 0.05) is 6.04 Å². The van der Waals surface area contributed by atoms with E-state index in [-0.39, 0.29) is 25.1 Å². The minimum absolute atomic E-state index is 0.0694. The van der Waals surface area contributed by atoms with E-state index in [9.17, 15) is 14.7 Å². The number of hydrogen-bond donors (Lipinski definition) is 1. The van der Waals surface area contributed by atoms with E-state index >= 15 is 0 Å². The molecule has 1 N–H and O–H groups in total. The highest BCUT2D eigenvalue weighted by atomic mass is 16.5. The Hall–Kier alpha value is -1.44. The van der Waals surface area contributed by atoms with Gasteiger partial charge < -0.3 is 29.1 Å². The van der Waals surface area contributed by atoms with Gasteiger partial charge in [-0.25, -0.2) is 0 Å². The highest BCUT2D eigenvalue weighted by Crippen LogP contribution is 2.10. The third kappa shape index (κ3) is 16.8. The zero-order valence-corrected chi connectivity index (χ0v) is 15.5. The Kier molecular flexibility index (Phi) is 11.5. The number of carboxylic acid groups (broad SMARTS) is 2. The van der Waals surface area contributed by atoms with Crippen LogP contribution in [0.2, 0.25) is 0 Å². The van der Waals surface area contributed by atoms with Gasteiger partial charge >= 0.3 is 5.97 Å². The highest BCUT2D eigenvalue weighted by Gasteiger charge is 2.22. The standard InChI is InChI=1S/C11H21NO3.C5H11NO2/c1-8(2)7-15-9(3)10(12(4)5)6-11(13)14;1-6(2,3)4-5(7)8/h9-10H,1,6-7H2,2-5H3,(H,13,14);4H2,1-3H3. The molecule has 136 valence electrons. The van der Waals surface area contributed by atoms with Gasteiger partial charge in [0.2, 0.25) is 0 Å². The Bertz CT molecular complexity index is 388. The lowest BCUT2D eigenvalue weighted by molar-refractivity contribution is -0.864. The third-order valence-electron chi connectivity index (χ3n) is 2.78. The first-order valence-corrected chi connectivity index (χ1v) is 7.40. The Morgan fingerprint density at radius 3 is 2.00 bits per heavy atom. The lowest BCUT2D eigenvalue weighted by Crippen LogP contribution is -2.45. The van der Waals surface area contributed by atoms with Gasteiger partial charge in [0.1, 0.15) is 6.54 Å². The van der Waals surface area contributed by atoms with Gasteiger partial charge in [-0.3, -0.25) is 4.79 Å². The molecule has 0 fully saturated rings. The van der Waals surface area contributed by atoms with Crippen LogP contribution in [0, 0.1) is 0 Å². The summed E-state index contributed by atoms with van der Waals surface area (Å²) in [7, 11) is 9.11. The molecule has 0 rings (SSSR count). The first-order chi connectivity index (χ1) is 10.3. The average molecular weight is 332 g/mol. The Morgan fingerprint density at radius 2 is 1.78 bits per heavy atom. The summed E-state index contributed by atoms with van der Waals surface area (Å²) in [5.74, 6) is -1.81. The van der Waals surface area contributed by atoms with Crippen LogP contribution in [0.1, 0.15) is 20.3 Å². The first kappa shape index (κ1) is 23.8. The van der Waals surface area contributed by atoms with E-state index in [1.165, 1.54) is 0 Å². The minimum atomic E-state index is -1.00. The lowest BCUT2D eigenvalue weighted by Gasteiger charge is -2.28. The molecule has 0 bridgehead atoms. The maximum absolute atomic E-state index is 10.7. The molecule has 0 heterocycles. The van der Waals surface area contributed by atoms with E-state index in [0.717, 1.165) is 5.57 Å². The van der Waals surface area contributed by atoms with E-state index < -0.39 is 11.9 Å². The second-order valence-corrected chi connectivity index (χ2v) is 6.92. The summed E-state index contributed by atoms with van der Waals surface area (Å²) in [4.78, 5) is 22.4. The summed E-state index contributed by atoms with van der Waals surface area (Å²) in [5, 5.41) is 18.6. The molecule has 0 aromatic heterocycles. The number of rotatable bonds is 9. The molecule has 2 atom stereocenters. The number of carbonyl (C=O) groups is 2. The first-order valence-electron chi connectivity index (χ1n) is 7.40. The van der Waals surface area contributed by atoms with Crippen LogP contribution in [-0.2, 0) is 14.3 Å². The molecule has 0 aliphatic carbocycles. The van der Waals surface area contributed by atoms with Crippen molar-refractivity contribution in [1.82, 2.24) is 4.90 Å². The molecule has 2 unspecified atom stereocenters. The normalized spacial score (nSPS) is 13.7. The largest absolute Gasteiger partial charge is 0.544 e. The maximum atomic E-state index is 10.7. The molecule has 0 aliphatic rings. The van der Waals surface area contributed by atoms with Crippen LogP contribution < -0.4 is 5.11 Å². The van der Waals surface area contributed by atoms with Crippen molar-refractivity contribution in [3.05, 3.63) is 12.2 Å². The Balaban J connectivity index is 0. The molecule has 23 heavy (non-hydrogen) atoms. The predicted molar refractivity (Wildman–Crippen MR) is 87.9 cm³/mol. The average Bonchev–Trinajstić information content (AvgIpc) is 2.30. The van der Waals surface area contributed by atoms with Gasteiger partial charge in [0.05, 0.1) is 46.2 Å². The predicted octanol–water partition coefficient (Wildman–Crippen LogP) is -0.185. The quantitative estimate of drug-likeness (QED) is 0.465. The number of hydrogen-bond acceptors (Lipinski definition) is 5. The van der Waals surface area contributed by atoms with Gasteiger partial charge in [0.25, 0.3) is 0 Å². The summed E-state index contributed by atoms with van der Waals surface area (Å²) >= 11 is 0. The van der Waals surface area contributed by atoms with Gasteiger partial charge in [-0.1, -0.05) is 12.2 Å². The highest BCUT2D eigenvalue weighted by molar-refractivity contribution is 5.67. The van der Waals surface area contributed by atoms with E-state index in [1.807, 2.05) is 32.8 Å². The molecule has 0 amide bonds. The molecular formula is C16H32N2O5. The minimum Gasteiger partial charge on any atom is -0.544 e. The number of aliphatic carboxylic acids is 2. The zero-order valence-electron chi connectivity index (χ0n) is 15.5. The van der Waals surface area contributed by atoms with Crippen LogP contribution in [0.4, 0.5) is 0 Å². The van der Waals surface area contributed by atoms with E-state index in [1.54, 1.807) is 21.1 Å². The molecule has 0 aromatic rings. The van der Waals surface area contributed by atoms with E-state index in [4.69, 9.17) is 9.84 Å². The smallest absolute Gasteiger partial charge is 0.305 e. The van der Waals surface area contributed by atoms with Crippen LogP contribution in [0.15, 0.2) is 12.2 Å². The summed E-state index contributed by atoms with van der Waals surface area (Å²) < 4.78 is 5.94. The van der Waals surface area contributed by atoms with Gasteiger partial charge in [-0.15, -0.1) is 0 Å². The monoisotopic (exact) mass is 332 g/mol. The molecule has 7 nitrogen and oxygen atoms in total. The van der Waals surface area contributed by atoms with E-state index in [0.29, 0.717) is 11.1 Å². The molecule has 0 aliphatic heterocycles. The van der Waals surface area contributed by atoms with Gasteiger partial charge in [-0.05, 0) is 27.9 Å². The summed E-state index contributed by atoms with van der Waals surface area (Å²) in [6.07, 6.45) is -0.0301. The van der Waals surface area contributed by atoms with Crippen molar-refractivity contribution in [2.75, 3.05) is 48.4 Å². The number of likely N-dealkylation sites (N-methyl/N-ethyl adjacent to an activating group) is 2. The second-order valence-electron chi connectivity index (χ2n) is 6.92. The number of carboxylic acids is 2. The van der Waals surface area contributed by atoms with Crippen LogP contribution in [0.25, 0.3) is 0 Å². The molecule has 0 saturated heterocycles. The lowest BCUT2D eigenvalue weighted by atomic mass is 10.1. The maximum Gasteiger partial charge on any atom is 0.305 e. The number of nitrogens with zero attached hydrogens (tertiary/aromatic N) is 2. The van der Waals surface area contributed by atoms with Crippen molar-refractivity contribution in [1.29, 1.82) is 0 Å². The number of quaternary nitrogens is 1. The van der Waals surface area contributed by atoms with Crippen molar-refractivity contribution in [2.45, 2.75) is 32.4 Å². The molecule has 0 radical (unpaired) electrons. The van der Waals surface area contributed by atoms with Gasteiger partial charge in [-0.2, -0.15) is 0 Å². The van der Waals surface area contributed by atoms with Crippen molar-refractivity contribution < 1.29 is 29.0 Å². The number of carbonyl (C=O) groups excluding carboxylic acids is 1. The zero-order chi connectivity index (χ0) is 18.8. The van der Waals surface area contributed by atoms with Crippen molar-refractivity contribution in [2.24, 2.45) is 0 Å². The summed E-state index contributed by atoms with van der Waals surface area (Å²) in [6, 6.07) is -0.109. The van der Waals surface area contributed by atoms with Crippen molar-refractivity contribution >= 4 is 11.9 Å². The molecular weight excluding hydrogens is 300 g/mol. The SMILES string of the molecule is C=C(C)COC(C)C(CC(=O)O)N(C)C.C[N+](C)(C)CC(=O)[O-]. The molecule has 0 spiro atoms. The second kappa shape index (κ2) is 11.2. The Labute approximate surface area is 139 Å². The Morgan fingerprint density at radius 1 is 1.30 bits per heavy atom. The summed E-state index contributed by atoms with van der Waals surface area (Å²) in [6.45, 7) is 8.05. The van der Waals surface area contributed by atoms with Crippen molar-refractivity contribution in [3.8, 4) is 0 Å². The number of ether oxygens (including phenoxy) is 1. The van der Waals surface area contributed by atoms with Crippen LogP contribution in [-0.4, -0.2) is 87.0 Å². The fourth-order valence-electron chi connectivity index (χ4n) is 1.72. The molecule has 0 aromatic carbocycles. The van der Waals surface area contributed by atoms with Crippen molar-refractivity contribution in [3.63, 3.8) is 0 Å². The fourth-order valence-corrected chi connectivity index (χ4v) is 1.72. The van der Waals surface area contributed by atoms with Crippen LogP contribution in [0.5, 0.6) is 0 Å².